The van der Waals surface area contributed by atoms with Crippen LogP contribution in [0.5, 0.6) is 0 Å². The first-order valence-corrected chi connectivity index (χ1v) is 6.30. The molecule has 21 heavy (non-hydrogen) atoms. The lowest BCUT2D eigenvalue weighted by Gasteiger charge is -2.15. The summed E-state index contributed by atoms with van der Waals surface area (Å²) in [5, 5.41) is 2.41. The summed E-state index contributed by atoms with van der Waals surface area (Å²) in [7, 11) is 0. The normalized spacial score (nSPS) is 11.5. The lowest BCUT2D eigenvalue weighted by Crippen LogP contribution is -2.44. The highest BCUT2D eigenvalue weighted by molar-refractivity contribution is 6.05. The third-order valence-electron chi connectivity index (χ3n) is 2.94. The van der Waals surface area contributed by atoms with Crippen LogP contribution in [0.15, 0.2) is 18.2 Å². The van der Waals surface area contributed by atoms with Crippen LogP contribution in [0.4, 0.5) is 5.69 Å². The number of anilines is 1. The minimum Gasteiger partial charge on any atom is -0.398 e. The monoisotopic (exact) mass is 291 g/mol. The molecule has 0 bridgehead atoms. The Kier molecular flexibility index (Phi) is 5.59. The average molecular weight is 291 g/mol. The topological polar surface area (TPSA) is 132 Å². The molecule has 0 fully saturated rings. The molecule has 7 heteroatoms. The van der Waals surface area contributed by atoms with Gasteiger partial charge in [0, 0.05) is 17.7 Å². The van der Waals surface area contributed by atoms with Crippen LogP contribution >= 0.6 is 0 Å². The molecule has 0 aromatic heterocycles. The van der Waals surface area contributed by atoms with Crippen molar-refractivity contribution in [2.24, 2.45) is 5.73 Å². The van der Waals surface area contributed by atoms with E-state index >= 15 is 0 Å². The van der Waals surface area contributed by atoms with Gasteiger partial charge in [0.2, 0.25) is 5.91 Å². The van der Waals surface area contributed by atoms with Gasteiger partial charge in [0.05, 0.1) is 5.56 Å². The second-order valence-corrected chi connectivity index (χ2v) is 4.60. The highest BCUT2D eigenvalue weighted by atomic mass is 16.2. The molecule has 0 aliphatic rings. The molecule has 1 atom stereocenters. The Morgan fingerprint density at radius 3 is 2.52 bits per heavy atom. The van der Waals surface area contributed by atoms with Crippen molar-refractivity contribution < 1.29 is 19.2 Å². The van der Waals surface area contributed by atoms with Crippen molar-refractivity contribution in [1.29, 1.82) is 0 Å². The average Bonchev–Trinajstić information content (AvgIpc) is 2.42. The molecule has 1 unspecified atom stereocenters. The van der Waals surface area contributed by atoms with E-state index in [1.54, 1.807) is 0 Å². The van der Waals surface area contributed by atoms with Gasteiger partial charge in [-0.3, -0.25) is 14.4 Å². The Morgan fingerprint density at radius 1 is 1.33 bits per heavy atom. The van der Waals surface area contributed by atoms with Gasteiger partial charge in [-0.15, -0.1) is 0 Å². The third-order valence-corrected chi connectivity index (χ3v) is 2.94. The molecule has 2 amide bonds. The fourth-order valence-electron chi connectivity index (χ4n) is 1.78. The van der Waals surface area contributed by atoms with E-state index < -0.39 is 17.9 Å². The summed E-state index contributed by atoms with van der Waals surface area (Å²) < 4.78 is 0. The predicted molar refractivity (Wildman–Crippen MR) is 76.6 cm³/mol. The lowest BCUT2D eigenvalue weighted by molar-refractivity contribution is -0.120. The van der Waals surface area contributed by atoms with E-state index in [-0.39, 0.29) is 35.4 Å². The van der Waals surface area contributed by atoms with E-state index in [0.29, 0.717) is 6.29 Å². The Hall–Kier alpha value is -2.70. The van der Waals surface area contributed by atoms with Gasteiger partial charge in [-0.25, -0.2) is 0 Å². The van der Waals surface area contributed by atoms with Gasteiger partial charge in [-0.2, -0.15) is 0 Å². The van der Waals surface area contributed by atoms with Crippen LogP contribution in [0.1, 0.15) is 40.5 Å². The van der Waals surface area contributed by atoms with Crippen LogP contribution in [0.2, 0.25) is 0 Å². The minimum atomic E-state index is -0.984. The molecule has 1 aromatic carbocycles. The maximum absolute atomic E-state index is 12.1. The number of carbonyl (C=O) groups is 4. The van der Waals surface area contributed by atoms with Gasteiger partial charge in [-0.1, -0.05) is 6.07 Å². The van der Waals surface area contributed by atoms with Crippen LogP contribution in [-0.4, -0.2) is 29.9 Å². The summed E-state index contributed by atoms with van der Waals surface area (Å²) in [6.07, 6.45) is 0.694. The number of hydrogen-bond acceptors (Lipinski definition) is 5. The maximum atomic E-state index is 12.1. The molecule has 1 aromatic rings. The first-order chi connectivity index (χ1) is 9.86. The molecule has 0 saturated carbocycles. The van der Waals surface area contributed by atoms with E-state index in [4.69, 9.17) is 11.5 Å². The molecule has 0 heterocycles. The second kappa shape index (κ2) is 7.18. The van der Waals surface area contributed by atoms with Gasteiger partial charge in [0.1, 0.15) is 11.8 Å². The number of Topliss-reactive ketones (excluding diaryl/α,β-unsaturated/α-hetero) is 1. The summed E-state index contributed by atoms with van der Waals surface area (Å²) >= 11 is 0. The van der Waals surface area contributed by atoms with Crippen LogP contribution in [0, 0.1) is 0 Å². The number of carbonyl (C=O) groups excluding carboxylic acids is 4. The Bertz CT molecular complexity index is 584. The number of benzene rings is 1. The van der Waals surface area contributed by atoms with Crippen molar-refractivity contribution in [2.45, 2.75) is 25.8 Å². The number of rotatable bonds is 7. The molecular formula is C14H17N3O4. The summed E-state index contributed by atoms with van der Waals surface area (Å²) in [5.41, 5.74) is 11.1. The zero-order valence-electron chi connectivity index (χ0n) is 11.6. The van der Waals surface area contributed by atoms with Crippen LogP contribution in [-0.2, 0) is 9.59 Å². The molecule has 112 valence electrons. The SMILES string of the molecule is CC(=O)CCC(NC(=O)c1cccc(N)c1C=O)C(N)=O. The molecule has 0 spiro atoms. The van der Waals surface area contributed by atoms with Crippen molar-refractivity contribution in [3.63, 3.8) is 0 Å². The van der Waals surface area contributed by atoms with Crippen molar-refractivity contribution in [3.05, 3.63) is 29.3 Å². The van der Waals surface area contributed by atoms with E-state index in [9.17, 15) is 19.2 Å². The third kappa shape index (κ3) is 4.41. The number of amides is 2. The fourth-order valence-corrected chi connectivity index (χ4v) is 1.78. The van der Waals surface area contributed by atoms with E-state index in [1.165, 1.54) is 25.1 Å². The van der Waals surface area contributed by atoms with Crippen molar-refractivity contribution in [1.82, 2.24) is 5.32 Å². The summed E-state index contributed by atoms with van der Waals surface area (Å²) in [5.74, 6) is -1.51. The minimum absolute atomic E-state index is 0.0461. The van der Waals surface area contributed by atoms with Crippen molar-refractivity contribution in [3.8, 4) is 0 Å². The van der Waals surface area contributed by atoms with Crippen molar-refractivity contribution >= 4 is 29.6 Å². The molecule has 5 N–H and O–H groups in total. The zero-order valence-corrected chi connectivity index (χ0v) is 11.6. The Morgan fingerprint density at radius 2 is 2.00 bits per heavy atom. The van der Waals surface area contributed by atoms with E-state index in [0.717, 1.165) is 0 Å². The molecule has 1 rings (SSSR count). The predicted octanol–water partition coefficient (Wildman–Crippen LogP) is 0.0342. The summed E-state index contributed by atoms with van der Waals surface area (Å²) in [6.45, 7) is 1.38. The van der Waals surface area contributed by atoms with Gasteiger partial charge in [0.15, 0.2) is 6.29 Å². The smallest absolute Gasteiger partial charge is 0.252 e. The molecule has 0 aliphatic heterocycles. The Balaban J connectivity index is 2.92. The number of nitrogens with two attached hydrogens (primary N) is 2. The van der Waals surface area contributed by atoms with Crippen LogP contribution in [0.25, 0.3) is 0 Å². The van der Waals surface area contributed by atoms with E-state index in [2.05, 4.69) is 5.32 Å². The number of primary amides is 1. The van der Waals surface area contributed by atoms with Crippen LogP contribution in [0.3, 0.4) is 0 Å². The summed E-state index contributed by atoms with van der Waals surface area (Å²) in [6, 6.07) is 3.44. The Labute approximate surface area is 121 Å². The first-order valence-electron chi connectivity index (χ1n) is 6.30. The summed E-state index contributed by atoms with van der Waals surface area (Å²) in [4.78, 5) is 45.4. The largest absolute Gasteiger partial charge is 0.398 e. The molecule has 0 saturated heterocycles. The highest BCUT2D eigenvalue weighted by Gasteiger charge is 2.21. The fraction of sp³-hybridized carbons (Fsp3) is 0.286. The quantitative estimate of drug-likeness (QED) is 0.481. The van der Waals surface area contributed by atoms with Gasteiger partial charge in [0.25, 0.3) is 5.91 Å². The lowest BCUT2D eigenvalue weighted by atomic mass is 10.0. The molecule has 7 nitrogen and oxygen atoms in total. The van der Waals surface area contributed by atoms with Gasteiger partial charge in [-0.05, 0) is 25.5 Å². The van der Waals surface area contributed by atoms with Gasteiger partial charge < -0.3 is 21.6 Å². The zero-order chi connectivity index (χ0) is 16.0. The molecule has 0 radical (unpaired) electrons. The first kappa shape index (κ1) is 16.4. The molecule has 0 aliphatic carbocycles. The number of ketones is 1. The highest BCUT2D eigenvalue weighted by Crippen LogP contribution is 2.15. The van der Waals surface area contributed by atoms with Gasteiger partial charge >= 0.3 is 0 Å². The standard InChI is InChI=1S/C14H17N3O4/c1-8(19)5-6-12(13(16)20)17-14(21)9-3-2-4-11(15)10(9)7-18/h2-4,7,12H,5-6,15H2,1H3,(H2,16,20)(H,17,21). The number of nitrogen functional groups attached to an aromatic ring is 1. The maximum Gasteiger partial charge on any atom is 0.252 e. The van der Waals surface area contributed by atoms with Crippen molar-refractivity contribution in [2.75, 3.05) is 5.73 Å². The van der Waals surface area contributed by atoms with Crippen LogP contribution < -0.4 is 16.8 Å². The second-order valence-electron chi connectivity index (χ2n) is 4.60. The van der Waals surface area contributed by atoms with E-state index in [1.807, 2.05) is 0 Å². The number of hydrogen-bond donors (Lipinski definition) is 3. The number of aldehydes is 1. The molecular weight excluding hydrogens is 274 g/mol. The number of nitrogens with one attached hydrogen (secondary N) is 1.